The summed E-state index contributed by atoms with van der Waals surface area (Å²) < 4.78 is 26.3. The number of halogens is 2. The number of benzene rings is 1. The zero-order chi connectivity index (χ0) is 10.7. The molecule has 3 heteroatoms. The second-order valence-electron chi connectivity index (χ2n) is 4.06. The normalized spacial score (nSPS) is 21.6. The zero-order valence-electron chi connectivity index (χ0n) is 8.60. The molecule has 2 rings (SSSR count). The van der Waals surface area contributed by atoms with Crippen LogP contribution in [0, 0.1) is 11.6 Å². The maximum Gasteiger partial charge on any atom is 0.162 e. The van der Waals surface area contributed by atoms with Crippen LogP contribution in [-0.4, -0.2) is 12.6 Å². The summed E-state index contributed by atoms with van der Waals surface area (Å²) in [6.45, 7) is 0.988. The predicted molar refractivity (Wildman–Crippen MR) is 55.7 cm³/mol. The molecular formula is C12H15F2N. The van der Waals surface area contributed by atoms with Gasteiger partial charge in [-0.1, -0.05) is 18.6 Å². The van der Waals surface area contributed by atoms with E-state index >= 15 is 0 Å². The van der Waals surface area contributed by atoms with E-state index in [0.717, 1.165) is 19.0 Å². The predicted octanol–water partition coefficient (Wildman–Crippen LogP) is 2.65. The first-order valence-electron chi connectivity index (χ1n) is 5.43. The van der Waals surface area contributed by atoms with E-state index in [2.05, 4.69) is 5.32 Å². The zero-order valence-corrected chi connectivity index (χ0v) is 8.60. The second kappa shape index (κ2) is 4.71. The van der Waals surface area contributed by atoms with Crippen molar-refractivity contribution in [1.82, 2.24) is 5.32 Å². The van der Waals surface area contributed by atoms with Crippen molar-refractivity contribution < 1.29 is 8.78 Å². The molecule has 0 bridgehead atoms. The molecule has 0 aromatic heterocycles. The van der Waals surface area contributed by atoms with E-state index in [4.69, 9.17) is 0 Å². The van der Waals surface area contributed by atoms with E-state index in [9.17, 15) is 8.78 Å². The summed E-state index contributed by atoms with van der Waals surface area (Å²) in [7, 11) is 0. The van der Waals surface area contributed by atoms with E-state index in [-0.39, 0.29) is 0 Å². The van der Waals surface area contributed by atoms with Crippen LogP contribution in [0.25, 0.3) is 0 Å². The van der Waals surface area contributed by atoms with Crippen molar-refractivity contribution in [3.63, 3.8) is 0 Å². The van der Waals surface area contributed by atoms with Crippen LogP contribution in [0.15, 0.2) is 18.2 Å². The van der Waals surface area contributed by atoms with Gasteiger partial charge in [0.05, 0.1) is 0 Å². The lowest BCUT2D eigenvalue weighted by atomic mass is 9.97. The fraction of sp³-hybridized carbons (Fsp3) is 0.500. The quantitative estimate of drug-likeness (QED) is 0.793. The minimum absolute atomic E-state index is 0.301. The van der Waals surface area contributed by atoms with Crippen LogP contribution in [0.3, 0.4) is 0 Å². The van der Waals surface area contributed by atoms with Crippen molar-refractivity contribution in [3.05, 3.63) is 35.4 Å². The molecule has 1 atom stereocenters. The number of nitrogens with one attached hydrogen (secondary N) is 1. The van der Waals surface area contributed by atoms with Crippen LogP contribution in [-0.2, 0) is 6.42 Å². The number of rotatable bonds is 2. The highest BCUT2D eigenvalue weighted by atomic mass is 19.2. The summed E-state index contributed by atoms with van der Waals surface area (Å²) in [6.07, 6.45) is 4.00. The third-order valence-corrected chi connectivity index (χ3v) is 2.91. The fourth-order valence-corrected chi connectivity index (χ4v) is 2.07. The highest BCUT2D eigenvalue weighted by Gasteiger charge is 2.16. The van der Waals surface area contributed by atoms with Gasteiger partial charge in [-0.15, -0.1) is 0 Å². The minimum Gasteiger partial charge on any atom is -0.314 e. The lowest BCUT2D eigenvalue weighted by molar-refractivity contribution is 0.392. The van der Waals surface area contributed by atoms with Crippen molar-refractivity contribution in [2.45, 2.75) is 31.7 Å². The van der Waals surface area contributed by atoms with Gasteiger partial charge in [-0.25, -0.2) is 8.78 Å². The molecule has 1 aromatic rings. The monoisotopic (exact) mass is 211 g/mol. The van der Waals surface area contributed by atoms with E-state index in [1.807, 2.05) is 0 Å². The standard InChI is InChI=1S/C12H15F2N/c13-11-6-3-4-9(12(11)14)8-10-5-1-2-7-15-10/h3-4,6,10,15H,1-2,5,7-8H2. The Labute approximate surface area is 88.5 Å². The molecule has 1 heterocycles. The Balaban J connectivity index is 2.06. The maximum absolute atomic E-state index is 13.4. The molecule has 1 aromatic carbocycles. The average Bonchev–Trinajstić information content (AvgIpc) is 2.26. The van der Waals surface area contributed by atoms with Gasteiger partial charge in [0.25, 0.3) is 0 Å². The van der Waals surface area contributed by atoms with Crippen molar-refractivity contribution in [2.24, 2.45) is 0 Å². The largest absolute Gasteiger partial charge is 0.314 e. The van der Waals surface area contributed by atoms with Crippen LogP contribution >= 0.6 is 0 Å². The first kappa shape index (κ1) is 10.6. The maximum atomic E-state index is 13.4. The molecule has 1 aliphatic rings. The molecule has 0 spiro atoms. The van der Waals surface area contributed by atoms with Gasteiger partial charge in [-0.05, 0) is 37.4 Å². The van der Waals surface area contributed by atoms with Crippen LogP contribution < -0.4 is 5.32 Å². The SMILES string of the molecule is Fc1cccc(CC2CCCCN2)c1F. The first-order chi connectivity index (χ1) is 7.27. The van der Waals surface area contributed by atoms with Gasteiger partial charge < -0.3 is 5.32 Å². The van der Waals surface area contributed by atoms with Crippen LogP contribution in [0.4, 0.5) is 8.78 Å². The lowest BCUT2D eigenvalue weighted by Gasteiger charge is -2.23. The van der Waals surface area contributed by atoms with Gasteiger partial charge in [0.15, 0.2) is 11.6 Å². The molecule has 1 aliphatic heterocycles. The number of hydrogen-bond acceptors (Lipinski definition) is 1. The van der Waals surface area contributed by atoms with Crippen molar-refractivity contribution in [3.8, 4) is 0 Å². The van der Waals surface area contributed by atoms with Gasteiger partial charge in [-0.3, -0.25) is 0 Å². The molecule has 1 nitrogen and oxygen atoms in total. The lowest BCUT2D eigenvalue weighted by Crippen LogP contribution is -2.35. The van der Waals surface area contributed by atoms with Gasteiger partial charge in [0.1, 0.15) is 0 Å². The van der Waals surface area contributed by atoms with E-state index in [1.54, 1.807) is 12.1 Å². The molecule has 0 radical (unpaired) electrons. The Morgan fingerprint density at radius 1 is 1.27 bits per heavy atom. The Morgan fingerprint density at radius 3 is 2.87 bits per heavy atom. The topological polar surface area (TPSA) is 12.0 Å². The van der Waals surface area contributed by atoms with Crippen LogP contribution in [0.1, 0.15) is 24.8 Å². The first-order valence-corrected chi connectivity index (χ1v) is 5.43. The molecule has 1 unspecified atom stereocenters. The van der Waals surface area contributed by atoms with Crippen LogP contribution in [0.5, 0.6) is 0 Å². The third-order valence-electron chi connectivity index (χ3n) is 2.91. The molecule has 0 aliphatic carbocycles. The molecular weight excluding hydrogens is 196 g/mol. The molecule has 0 saturated carbocycles. The number of piperidine rings is 1. The summed E-state index contributed by atoms with van der Waals surface area (Å²) >= 11 is 0. The molecule has 82 valence electrons. The fourth-order valence-electron chi connectivity index (χ4n) is 2.07. The Morgan fingerprint density at radius 2 is 2.13 bits per heavy atom. The minimum atomic E-state index is -0.747. The smallest absolute Gasteiger partial charge is 0.162 e. The second-order valence-corrected chi connectivity index (χ2v) is 4.06. The van der Waals surface area contributed by atoms with Gasteiger partial charge in [0, 0.05) is 6.04 Å². The Kier molecular flexibility index (Phi) is 3.31. The Hall–Kier alpha value is -0.960. The molecule has 1 fully saturated rings. The molecule has 15 heavy (non-hydrogen) atoms. The van der Waals surface area contributed by atoms with Gasteiger partial charge in [0.2, 0.25) is 0 Å². The van der Waals surface area contributed by atoms with E-state index < -0.39 is 11.6 Å². The summed E-state index contributed by atoms with van der Waals surface area (Å²) in [6, 6.07) is 4.69. The van der Waals surface area contributed by atoms with Gasteiger partial charge >= 0.3 is 0 Å². The van der Waals surface area contributed by atoms with E-state index in [0.29, 0.717) is 18.0 Å². The summed E-state index contributed by atoms with van der Waals surface area (Å²) in [5.41, 5.74) is 0.481. The third kappa shape index (κ3) is 2.53. The molecule has 1 N–H and O–H groups in total. The highest BCUT2D eigenvalue weighted by molar-refractivity contribution is 5.20. The van der Waals surface area contributed by atoms with Crippen LogP contribution in [0.2, 0.25) is 0 Å². The summed E-state index contributed by atoms with van der Waals surface area (Å²) in [5.74, 6) is -1.44. The van der Waals surface area contributed by atoms with Crippen molar-refractivity contribution >= 4 is 0 Å². The van der Waals surface area contributed by atoms with Crippen molar-refractivity contribution in [2.75, 3.05) is 6.54 Å². The summed E-state index contributed by atoms with van der Waals surface area (Å²) in [5, 5.41) is 3.33. The Bertz CT molecular complexity index is 332. The average molecular weight is 211 g/mol. The molecule has 0 amide bonds. The van der Waals surface area contributed by atoms with E-state index in [1.165, 1.54) is 12.8 Å². The summed E-state index contributed by atoms with van der Waals surface area (Å²) in [4.78, 5) is 0. The number of hydrogen-bond donors (Lipinski definition) is 1. The highest BCUT2D eigenvalue weighted by Crippen LogP contribution is 2.17. The van der Waals surface area contributed by atoms with Gasteiger partial charge in [-0.2, -0.15) is 0 Å². The molecule has 1 saturated heterocycles. The van der Waals surface area contributed by atoms with Crippen molar-refractivity contribution in [1.29, 1.82) is 0 Å².